The van der Waals surface area contributed by atoms with Gasteiger partial charge in [0.05, 0.1) is 25.4 Å². The van der Waals surface area contributed by atoms with Crippen LogP contribution in [0.4, 0.5) is 0 Å². The monoisotopic (exact) mass is 1130 g/mol. The van der Waals surface area contributed by atoms with Gasteiger partial charge in [-0.25, -0.2) is 0 Å². The van der Waals surface area contributed by atoms with Gasteiger partial charge in [-0.1, -0.05) is 282 Å². The minimum absolute atomic E-state index is 0.222. The van der Waals surface area contributed by atoms with Crippen molar-refractivity contribution < 1.29 is 39.8 Å². The van der Waals surface area contributed by atoms with Gasteiger partial charge in [0, 0.05) is 6.42 Å². The zero-order valence-electron chi connectivity index (χ0n) is 51.5. The van der Waals surface area contributed by atoms with Crippen LogP contribution >= 0.6 is 0 Å². The van der Waals surface area contributed by atoms with E-state index in [1.807, 2.05) is 6.08 Å². The number of allylic oxidation sites excluding steroid dienone is 21. The summed E-state index contributed by atoms with van der Waals surface area (Å²) in [5, 5.41) is 54.6. The van der Waals surface area contributed by atoms with E-state index in [1.54, 1.807) is 6.08 Å². The average Bonchev–Trinajstić information content (AvgIpc) is 3.47. The summed E-state index contributed by atoms with van der Waals surface area (Å²) < 4.78 is 11.3. The molecular weight excluding hydrogens is 1010 g/mol. The van der Waals surface area contributed by atoms with Crippen molar-refractivity contribution in [3.05, 3.63) is 134 Å². The molecule has 1 heterocycles. The molecule has 1 rings (SSSR count). The third kappa shape index (κ3) is 48.4. The van der Waals surface area contributed by atoms with Gasteiger partial charge >= 0.3 is 0 Å². The molecule has 6 N–H and O–H groups in total. The molecule has 1 saturated heterocycles. The SMILES string of the molecule is CC/C=C\C/C=C\C/C=C\C/C=C\C/C=C\C/C=C\C/C=C\C/C=C\C/C=C\CCCCCC(=O)NC(COC1OC(CO)C(O)C(O)C1O)C(O)/C=C/CC/C=C/CCCCCCCCCCCCCCCCCCCCCCC. The number of ether oxygens (including phenoxy) is 2. The largest absolute Gasteiger partial charge is 0.394 e. The molecule has 462 valence electrons. The summed E-state index contributed by atoms with van der Waals surface area (Å²) in [5.74, 6) is -0.222. The predicted octanol–water partition coefficient (Wildman–Crippen LogP) is 17.6. The smallest absolute Gasteiger partial charge is 0.220 e. The molecule has 0 aromatic carbocycles. The summed E-state index contributed by atoms with van der Waals surface area (Å²) in [4.78, 5) is 13.1. The molecule has 9 nitrogen and oxygen atoms in total. The Labute approximate surface area is 496 Å². The predicted molar refractivity (Wildman–Crippen MR) is 345 cm³/mol. The highest BCUT2D eigenvalue weighted by molar-refractivity contribution is 5.76. The molecule has 0 saturated carbocycles. The van der Waals surface area contributed by atoms with Crippen molar-refractivity contribution in [2.75, 3.05) is 13.2 Å². The minimum atomic E-state index is -1.59. The van der Waals surface area contributed by atoms with Crippen LogP contribution in [0.5, 0.6) is 0 Å². The second-order valence-corrected chi connectivity index (χ2v) is 22.2. The first-order valence-electron chi connectivity index (χ1n) is 32.9. The van der Waals surface area contributed by atoms with Crippen LogP contribution in [0.3, 0.4) is 0 Å². The number of hydrogen-bond acceptors (Lipinski definition) is 8. The third-order valence-electron chi connectivity index (χ3n) is 14.7. The molecular formula is C72H121NO8. The summed E-state index contributed by atoms with van der Waals surface area (Å²) in [6, 6.07) is -0.852. The number of amides is 1. The van der Waals surface area contributed by atoms with Crippen LogP contribution in [0, 0.1) is 0 Å². The highest BCUT2D eigenvalue weighted by Gasteiger charge is 2.44. The summed E-state index contributed by atoms with van der Waals surface area (Å²) >= 11 is 0. The van der Waals surface area contributed by atoms with E-state index in [-0.39, 0.29) is 18.9 Å². The van der Waals surface area contributed by atoms with Crippen LogP contribution in [-0.4, -0.2) is 87.5 Å². The van der Waals surface area contributed by atoms with Crippen molar-refractivity contribution in [1.82, 2.24) is 5.32 Å². The Morgan fingerprint density at radius 2 is 0.778 bits per heavy atom. The van der Waals surface area contributed by atoms with Crippen LogP contribution in [0.15, 0.2) is 134 Å². The quantitative estimate of drug-likeness (QED) is 0.0261. The van der Waals surface area contributed by atoms with Crippen molar-refractivity contribution >= 4 is 5.91 Å². The fourth-order valence-electron chi connectivity index (χ4n) is 9.58. The van der Waals surface area contributed by atoms with E-state index in [1.165, 1.54) is 135 Å². The molecule has 0 bridgehead atoms. The lowest BCUT2D eigenvalue weighted by Gasteiger charge is -2.40. The molecule has 0 aromatic heterocycles. The lowest BCUT2D eigenvalue weighted by atomic mass is 9.99. The number of rotatable bonds is 55. The molecule has 0 spiro atoms. The van der Waals surface area contributed by atoms with Crippen LogP contribution in [-0.2, 0) is 14.3 Å². The number of aliphatic hydroxyl groups is 5. The molecule has 0 aromatic rings. The maximum atomic E-state index is 13.1. The molecule has 9 heteroatoms. The van der Waals surface area contributed by atoms with Gasteiger partial charge in [-0.2, -0.15) is 0 Å². The van der Waals surface area contributed by atoms with Crippen molar-refractivity contribution in [1.29, 1.82) is 0 Å². The molecule has 1 amide bonds. The van der Waals surface area contributed by atoms with Gasteiger partial charge in [-0.15, -0.1) is 0 Å². The lowest BCUT2D eigenvalue weighted by Crippen LogP contribution is -2.60. The summed E-state index contributed by atoms with van der Waals surface area (Å²) in [5.41, 5.74) is 0. The second kappa shape index (κ2) is 59.5. The zero-order valence-corrected chi connectivity index (χ0v) is 51.5. The number of unbranched alkanes of at least 4 members (excludes halogenated alkanes) is 25. The standard InChI is InChI=1S/C72H121NO8/c1-3-5-7-9-11-13-15-17-19-21-23-25-27-29-31-32-33-34-36-38-40-42-44-46-48-50-52-54-56-58-60-62-68(76)73-65(64-80-72-71(79)70(78)69(77)67(63-74)81-72)66(75)61-59-57-55-53-51-49-47-45-43-41-39-37-35-30-28-26-24-22-20-18-16-14-12-10-8-6-4-2/h5,7,11,13,17,19,23,25,29,31,33-34,38,40,44,46,50-53,59,61,65-67,69-72,74-75,77-79H,3-4,6,8-10,12,14-16,18,20-22,24,26-28,30,32,35-37,39,41-43,45,47-49,54-58,60,62-64H2,1-2H3,(H,73,76)/b7-5-,13-11-,19-17-,25-23-,31-29-,34-33-,40-38-,46-44-,52-50-,53-51+,61-59+. The zero-order chi connectivity index (χ0) is 58.6. The van der Waals surface area contributed by atoms with Crippen LogP contribution in [0.2, 0.25) is 0 Å². The van der Waals surface area contributed by atoms with Gasteiger partial charge in [-0.3, -0.25) is 4.79 Å². The minimum Gasteiger partial charge on any atom is -0.394 e. The Hall–Kier alpha value is -3.67. The number of carbonyl (C=O) groups is 1. The van der Waals surface area contributed by atoms with Gasteiger partial charge < -0.3 is 40.3 Å². The Morgan fingerprint density at radius 3 is 1.19 bits per heavy atom. The van der Waals surface area contributed by atoms with E-state index < -0.39 is 49.5 Å². The Kier molecular flexibility index (Phi) is 55.3. The molecule has 7 atom stereocenters. The third-order valence-corrected chi connectivity index (χ3v) is 14.7. The van der Waals surface area contributed by atoms with Gasteiger partial charge in [0.15, 0.2) is 6.29 Å². The fourth-order valence-corrected chi connectivity index (χ4v) is 9.58. The Bertz CT molecular complexity index is 1740. The molecule has 1 aliphatic heterocycles. The molecule has 7 unspecified atom stereocenters. The van der Waals surface area contributed by atoms with Crippen molar-refractivity contribution in [2.45, 2.75) is 301 Å². The van der Waals surface area contributed by atoms with Crippen molar-refractivity contribution in [3.63, 3.8) is 0 Å². The van der Waals surface area contributed by atoms with Gasteiger partial charge in [0.2, 0.25) is 5.91 Å². The van der Waals surface area contributed by atoms with Crippen molar-refractivity contribution in [2.24, 2.45) is 0 Å². The van der Waals surface area contributed by atoms with Gasteiger partial charge in [-0.05, 0) is 103 Å². The molecule has 1 fully saturated rings. The normalized spacial score (nSPS) is 19.3. The van der Waals surface area contributed by atoms with E-state index in [9.17, 15) is 30.3 Å². The van der Waals surface area contributed by atoms with E-state index in [0.29, 0.717) is 6.42 Å². The summed E-state index contributed by atoms with van der Waals surface area (Å²) in [7, 11) is 0. The average molecular weight is 1130 g/mol. The number of nitrogens with one attached hydrogen (secondary N) is 1. The summed E-state index contributed by atoms with van der Waals surface area (Å²) in [6.45, 7) is 3.64. The van der Waals surface area contributed by atoms with Crippen LogP contribution in [0.25, 0.3) is 0 Å². The summed E-state index contributed by atoms with van der Waals surface area (Å²) in [6.07, 6.45) is 83.9. The van der Waals surface area contributed by atoms with Gasteiger partial charge in [0.1, 0.15) is 24.4 Å². The molecule has 81 heavy (non-hydrogen) atoms. The maximum absolute atomic E-state index is 13.1. The van der Waals surface area contributed by atoms with Gasteiger partial charge in [0.25, 0.3) is 0 Å². The van der Waals surface area contributed by atoms with Crippen LogP contribution in [0.1, 0.15) is 258 Å². The Balaban J connectivity index is 2.25. The Morgan fingerprint density at radius 1 is 0.432 bits per heavy atom. The molecule has 0 aliphatic carbocycles. The highest BCUT2D eigenvalue weighted by atomic mass is 16.7. The molecule has 1 aliphatic rings. The van der Waals surface area contributed by atoms with Crippen LogP contribution < -0.4 is 5.32 Å². The molecule has 0 radical (unpaired) electrons. The first-order valence-corrected chi connectivity index (χ1v) is 32.9. The first-order chi connectivity index (χ1) is 39.8. The highest BCUT2D eigenvalue weighted by Crippen LogP contribution is 2.23. The number of aliphatic hydroxyl groups excluding tert-OH is 5. The van der Waals surface area contributed by atoms with Crippen molar-refractivity contribution in [3.8, 4) is 0 Å². The van der Waals surface area contributed by atoms with E-state index in [4.69, 9.17) is 9.47 Å². The van der Waals surface area contributed by atoms with E-state index in [2.05, 4.69) is 141 Å². The fraction of sp³-hybridized carbons (Fsp3) is 0.681. The second-order valence-electron chi connectivity index (χ2n) is 22.2. The topological polar surface area (TPSA) is 149 Å². The van der Waals surface area contributed by atoms with E-state index in [0.717, 1.165) is 96.3 Å². The first kappa shape index (κ1) is 75.3. The number of carbonyl (C=O) groups excluding carboxylic acids is 1. The lowest BCUT2D eigenvalue weighted by molar-refractivity contribution is -0.302. The maximum Gasteiger partial charge on any atom is 0.220 e. The van der Waals surface area contributed by atoms with E-state index >= 15 is 0 Å². The number of hydrogen-bond donors (Lipinski definition) is 6.